The molecule has 0 aliphatic carbocycles. The number of hydrogen-bond acceptors (Lipinski definition) is 3. The standard InChI is InChI=1S/C17H18BrClO3S/c1-23(20,21)22-12-15(14-6-8-16(18)9-7-14)5-2-13-3-10-17(19)11-4-13/h3-4,6-11,15H,2,5,12H2,1H3. The maximum Gasteiger partial charge on any atom is 0.264 e. The summed E-state index contributed by atoms with van der Waals surface area (Å²) in [6.07, 6.45) is 2.69. The van der Waals surface area contributed by atoms with E-state index in [0.29, 0.717) is 5.02 Å². The van der Waals surface area contributed by atoms with Gasteiger partial charge in [0.1, 0.15) is 0 Å². The van der Waals surface area contributed by atoms with Crippen molar-refractivity contribution in [1.29, 1.82) is 0 Å². The zero-order chi connectivity index (χ0) is 16.9. The van der Waals surface area contributed by atoms with Crippen LogP contribution in [0.5, 0.6) is 0 Å². The van der Waals surface area contributed by atoms with Crippen molar-refractivity contribution < 1.29 is 12.6 Å². The Bertz CT molecular complexity index is 727. The van der Waals surface area contributed by atoms with Gasteiger partial charge in [-0.3, -0.25) is 4.18 Å². The van der Waals surface area contributed by atoms with Gasteiger partial charge in [-0.1, -0.05) is 51.8 Å². The first-order chi connectivity index (χ1) is 10.8. The molecule has 0 heterocycles. The van der Waals surface area contributed by atoms with Gasteiger partial charge in [0, 0.05) is 15.4 Å². The lowest BCUT2D eigenvalue weighted by Crippen LogP contribution is -2.13. The average Bonchev–Trinajstić information content (AvgIpc) is 2.49. The number of benzene rings is 2. The summed E-state index contributed by atoms with van der Waals surface area (Å²) in [6.45, 7) is 0.147. The first kappa shape index (κ1) is 18.5. The van der Waals surface area contributed by atoms with E-state index in [1.165, 1.54) is 0 Å². The molecule has 0 aromatic heterocycles. The van der Waals surface area contributed by atoms with Crippen LogP contribution in [0.3, 0.4) is 0 Å². The second-order valence-corrected chi connectivity index (χ2v) is 8.40. The molecule has 2 aromatic carbocycles. The molecule has 124 valence electrons. The van der Waals surface area contributed by atoms with Gasteiger partial charge in [-0.2, -0.15) is 8.42 Å². The molecule has 23 heavy (non-hydrogen) atoms. The molecule has 0 radical (unpaired) electrons. The van der Waals surface area contributed by atoms with Gasteiger partial charge in [-0.25, -0.2) is 0 Å². The monoisotopic (exact) mass is 416 g/mol. The molecule has 2 rings (SSSR count). The Hall–Kier alpha value is -0.880. The topological polar surface area (TPSA) is 43.4 Å². The van der Waals surface area contributed by atoms with E-state index >= 15 is 0 Å². The van der Waals surface area contributed by atoms with Crippen LogP contribution in [0, 0.1) is 0 Å². The largest absolute Gasteiger partial charge is 0.270 e. The molecule has 2 aromatic rings. The van der Waals surface area contributed by atoms with Crippen molar-refractivity contribution in [2.45, 2.75) is 18.8 Å². The minimum Gasteiger partial charge on any atom is -0.270 e. The van der Waals surface area contributed by atoms with Crippen LogP contribution in [0.15, 0.2) is 53.0 Å². The number of hydrogen-bond donors (Lipinski definition) is 0. The highest BCUT2D eigenvalue weighted by molar-refractivity contribution is 9.10. The SMILES string of the molecule is CS(=O)(=O)OCC(CCc1ccc(Cl)cc1)c1ccc(Br)cc1. The molecule has 0 aliphatic heterocycles. The molecule has 0 aliphatic rings. The molecule has 1 atom stereocenters. The van der Waals surface area contributed by atoms with Crippen molar-refractivity contribution >= 4 is 37.6 Å². The van der Waals surface area contributed by atoms with Gasteiger partial charge >= 0.3 is 0 Å². The van der Waals surface area contributed by atoms with Crippen molar-refractivity contribution in [2.24, 2.45) is 0 Å². The van der Waals surface area contributed by atoms with Crippen LogP contribution in [0.2, 0.25) is 5.02 Å². The maximum atomic E-state index is 11.3. The lowest BCUT2D eigenvalue weighted by molar-refractivity contribution is 0.288. The van der Waals surface area contributed by atoms with Gasteiger partial charge in [0.2, 0.25) is 0 Å². The number of halogens is 2. The lowest BCUT2D eigenvalue weighted by Gasteiger charge is -2.17. The quantitative estimate of drug-likeness (QED) is 0.608. The Morgan fingerprint density at radius 2 is 1.70 bits per heavy atom. The van der Waals surface area contributed by atoms with Crippen LogP contribution in [-0.2, 0) is 20.7 Å². The number of aryl methyl sites for hydroxylation is 1. The second kappa shape index (κ2) is 8.29. The van der Waals surface area contributed by atoms with E-state index in [0.717, 1.165) is 34.7 Å². The highest BCUT2D eigenvalue weighted by Gasteiger charge is 2.15. The molecule has 0 saturated heterocycles. The van der Waals surface area contributed by atoms with Crippen LogP contribution in [0.4, 0.5) is 0 Å². The molecule has 0 bridgehead atoms. The van der Waals surface area contributed by atoms with Crippen molar-refractivity contribution in [2.75, 3.05) is 12.9 Å². The fraction of sp³-hybridized carbons (Fsp3) is 0.294. The van der Waals surface area contributed by atoms with Crippen molar-refractivity contribution in [3.63, 3.8) is 0 Å². The summed E-state index contributed by atoms with van der Waals surface area (Å²) in [5, 5.41) is 0.707. The summed E-state index contributed by atoms with van der Waals surface area (Å²) in [5.74, 6) is 0.00787. The molecular weight excluding hydrogens is 400 g/mol. The summed E-state index contributed by atoms with van der Waals surface area (Å²) in [4.78, 5) is 0. The van der Waals surface area contributed by atoms with E-state index in [2.05, 4.69) is 15.9 Å². The lowest BCUT2D eigenvalue weighted by atomic mass is 9.93. The Balaban J connectivity index is 2.09. The van der Waals surface area contributed by atoms with Gasteiger partial charge in [0.05, 0.1) is 12.9 Å². The van der Waals surface area contributed by atoms with Crippen molar-refractivity contribution in [1.82, 2.24) is 0 Å². The van der Waals surface area contributed by atoms with Crippen LogP contribution < -0.4 is 0 Å². The average molecular weight is 418 g/mol. The first-order valence-electron chi connectivity index (χ1n) is 7.18. The van der Waals surface area contributed by atoms with Gasteiger partial charge in [0.25, 0.3) is 10.1 Å². The summed E-state index contributed by atoms with van der Waals surface area (Å²) in [5.41, 5.74) is 2.22. The smallest absolute Gasteiger partial charge is 0.264 e. The highest BCUT2D eigenvalue weighted by Crippen LogP contribution is 2.25. The van der Waals surface area contributed by atoms with E-state index in [9.17, 15) is 8.42 Å². The Morgan fingerprint density at radius 1 is 1.09 bits per heavy atom. The van der Waals surface area contributed by atoms with E-state index in [1.54, 1.807) is 0 Å². The molecule has 0 N–H and O–H groups in total. The summed E-state index contributed by atoms with van der Waals surface area (Å²) >= 11 is 9.30. The van der Waals surface area contributed by atoms with Crippen molar-refractivity contribution in [3.8, 4) is 0 Å². The maximum absolute atomic E-state index is 11.3. The predicted octanol–water partition coefficient (Wildman–Crippen LogP) is 4.80. The molecular formula is C17H18BrClO3S. The minimum atomic E-state index is -3.45. The molecule has 0 spiro atoms. The van der Waals surface area contributed by atoms with E-state index in [1.807, 2.05) is 48.5 Å². The fourth-order valence-corrected chi connectivity index (χ4v) is 3.08. The second-order valence-electron chi connectivity index (χ2n) is 5.40. The number of rotatable bonds is 7. The third-order valence-corrected chi connectivity index (χ3v) is 4.86. The van der Waals surface area contributed by atoms with Gasteiger partial charge in [-0.05, 0) is 48.2 Å². The molecule has 1 unspecified atom stereocenters. The van der Waals surface area contributed by atoms with Gasteiger partial charge in [-0.15, -0.1) is 0 Å². The molecule has 0 saturated carbocycles. The molecule has 0 fully saturated rings. The van der Waals surface area contributed by atoms with E-state index in [-0.39, 0.29) is 12.5 Å². The van der Waals surface area contributed by atoms with E-state index in [4.69, 9.17) is 15.8 Å². The molecule has 0 amide bonds. The minimum absolute atomic E-state index is 0.00787. The summed E-state index contributed by atoms with van der Waals surface area (Å²) < 4.78 is 28.6. The Labute approximate surface area is 150 Å². The van der Waals surface area contributed by atoms with Gasteiger partial charge < -0.3 is 0 Å². The Kier molecular flexibility index (Phi) is 6.65. The third-order valence-electron chi connectivity index (χ3n) is 3.52. The zero-order valence-corrected chi connectivity index (χ0v) is 15.9. The van der Waals surface area contributed by atoms with Crippen LogP contribution >= 0.6 is 27.5 Å². The fourth-order valence-electron chi connectivity index (χ4n) is 2.28. The molecule has 3 nitrogen and oxygen atoms in total. The van der Waals surface area contributed by atoms with Crippen LogP contribution in [-0.4, -0.2) is 21.3 Å². The predicted molar refractivity (Wildman–Crippen MR) is 97.5 cm³/mol. The van der Waals surface area contributed by atoms with Crippen LogP contribution in [0.25, 0.3) is 0 Å². The highest BCUT2D eigenvalue weighted by atomic mass is 79.9. The summed E-state index contributed by atoms with van der Waals surface area (Å²) in [6, 6.07) is 15.6. The molecule has 6 heteroatoms. The Morgan fingerprint density at radius 3 is 2.26 bits per heavy atom. The zero-order valence-electron chi connectivity index (χ0n) is 12.7. The normalized spacial score (nSPS) is 13.0. The van der Waals surface area contributed by atoms with Gasteiger partial charge in [0.15, 0.2) is 0 Å². The van der Waals surface area contributed by atoms with E-state index < -0.39 is 10.1 Å². The summed E-state index contributed by atoms with van der Waals surface area (Å²) in [7, 11) is -3.45. The van der Waals surface area contributed by atoms with Crippen LogP contribution in [0.1, 0.15) is 23.5 Å². The van der Waals surface area contributed by atoms with Crippen molar-refractivity contribution in [3.05, 3.63) is 69.2 Å². The third kappa shape index (κ3) is 6.63. The first-order valence-corrected chi connectivity index (χ1v) is 10.2.